The molecule has 0 aliphatic carbocycles. The Balaban J connectivity index is 2.26. The van der Waals surface area contributed by atoms with E-state index in [0.29, 0.717) is 11.0 Å². The third kappa shape index (κ3) is 2.43. The minimum Gasteiger partial charge on any atom is -0.478 e. The fourth-order valence-electron chi connectivity index (χ4n) is 2.79. The van der Waals surface area contributed by atoms with Crippen molar-refractivity contribution in [1.29, 1.82) is 0 Å². The first-order valence-electron chi connectivity index (χ1n) is 5.68. The van der Waals surface area contributed by atoms with Crippen molar-refractivity contribution in [3.63, 3.8) is 0 Å². The number of rotatable bonds is 1. The molecular weight excluding hydrogens is 270 g/mol. The van der Waals surface area contributed by atoms with E-state index in [1.165, 1.54) is 0 Å². The lowest BCUT2D eigenvalue weighted by molar-refractivity contribution is -0.190. The molecule has 2 saturated heterocycles. The molecule has 2 aliphatic heterocycles. The zero-order valence-electron chi connectivity index (χ0n) is 9.65. The van der Waals surface area contributed by atoms with Crippen molar-refractivity contribution >= 4 is 11.9 Å². The molecule has 0 saturated carbocycles. The maximum absolute atomic E-state index is 14.0. The number of carboxylic acid groups (broad SMARTS) is 1. The molecule has 2 aliphatic rings. The largest absolute Gasteiger partial charge is 0.478 e. The van der Waals surface area contributed by atoms with Gasteiger partial charge in [-0.3, -0.25) is 4.79 Å². The smallest absolute Gasteiger partial charge is 0.471 e. The SMILES string of the molecule is O=C(O)/C=C1/CC2CCC(C1F)N2C(=O)C(F)(F)F. The second-order valence-corrected chi connectivity index (χ2v) is 4.67. The summed E-state index contributed by atoms with van der Waals surface area (Å²) in [6.07, 6.45) is -5.98. The number of hydrogen-bond acceptors (Lipinski definition) is 2. The lowest BCUT2D eigenvalue weighted by Crippen LogP contribution is -2.54. The van der Waals surface area contributed by atoms with Gasteiger partial charge in [-0.2, -0.15) is 13.2 Å². The Kier molecular flexibility index (Phi) is 3.27. The molecule has 2 bridgehead atoms. The molecule has 1 N–H and O–H groups in total. The van der Waals surface area contributed by atoms with E-state index in [1.54, 1.807) is 0 Å². The van der Waals surface area contributed by atoms with Gasteiger partial charge in [-0.15, -0.1) is 0 Å². The molecule has 8 heteroatoms. The second kappa shape index (κ2) is 4.50. The van der Waals surface area contributed by atoms with Crippen molar-refractivity contribution in [3.05, 3.63) is 11.6 Å². The highest BCUT2D eigenvalue weighted by Crippen LogP contribution is 2.42. The zero-order valence-corrected chi connectivity index (χ0v) is 9.65. The Morgan fingerprint density at radius 3 is 2.47 bits per heavy atom. The van der Waals surface area contributed by atoms with Crippen LogP contribution in [0.5, 0.6) is 0 Å². The van der Waals surface area contributed by atoms with Gasteiger partial charge in [0.2, 0.25) is 0 Å². The molecular formula is C11H11F4NO3. The number of piperidine rings is 1. The predicted molar refractivity (Wildman–Crippen MR) is 54.9 cm³/mol. The average Bonchev–Trinajstić information content (AvgIpc) is 2.60. The average molecular weight is 281 g/mol. The number of alkyl halides is 4. The first kappa shape index (κ1) is 13.8. The Bertz CT molecular complexity index is 446. The third-order valence-electron chi connectivity index (χ3n) is 3.50. The van der Waals surface area contributed by atoms with Gasteiger partial charge in [-0.25, -0.2) is 9.18 Å². The maximum atomic E-state index is 14.0. The number of amides is 1. The quantitative estimate of drug-likeness (QED) is 0.587. The number of carboxylic acids is 1. The monoisotopic (exact) mass is 281 g/mol. The Hall–Kier alpha value is -1.60. The topological polar surface area (TPSA) is 57.6 Å². The van der Waals surface area contributed by atoms with Gasteiger partial charge in [-0.05, 0) is 24.8 Å². The first-order valence-corrected chi connectivity index (χ1v) is 5.68. The Labute approximate surface area is 105 Å². The van der Waals surface area contributed by atoms with E-state index in [4.69, 9.17) is 5.11 Å². The highest BCUT2D eigenvalue weighted by molar-refractivity contribution is 5.84. The molecule has 0 aromatic rings. The van der Waals surface area contributed by atoms with Crippen LogP contribution in [0.25, 0.3) is 0 Å². The minimum atomic E-state index is -5.03. The van der Waals surface area contributed by atoms with Gasteiger partial charge in [0.25, 0.3) is 0 Å². The van der Waals surface area contributed by atoms with Crippen molar-refractivity contribution in [1.82, 2.24) is 4.90 Å². The number of carbonyl (C=O) groups is 2. The summed E-state index contributed by atoms with van der Waals surface area (Å²) >= 11 is 0. The number of aliphatic carboxylic acids is 1. The van der Waals surface area contributed by atoms with E-state index in [9.17, 15) is 27.2 Å². The van der Waals surface area contributed by atoms with Crippen LogP contribution < -0.4 is 0 Å². The molecule has 0 aromatic carbocycles. The van der Waals surface area contributed by atoms with Crippen LogP contribution >= 0.6 is 0 Å². The van der Waals surface area contributed by atoms with Crippen molar-refractivity contribution < 1.29 is 32.3 Å². The minimum absolute atomic E-state index is 0.0498. The molecule has 3 atom stereocenters. The zero-order chi connectivity index (χ0) is 14.4. The number of nitrogens with zero attached hydrogens (tertiary/aromatic N) is 1. The molecule has 106 valence electrons. The van der Waals surface area contributed by atoms with Crippen LogP contribution in [0.1, 0.15) is 19.3 Å². The summed E-state index contributed by atoms with van der Waals surface area (Å²) in [5.74, 6) is -3.38. The summed E-state index contributed by atoms with van der Waals surface area (Å²) in [7, 11) is 0. The highest BCUT2D eigenvalue weighted by Gasteiger charge is 2.54. The van der Waals surface area contributed by atoms with E-state index >= 15 is 0 Å². The van der Waals surface area contributed by atoms with Gasteiger partial charge in [0.15, 0.2) is 0 Å². The molecule has 2 rings (SSSR count). The number of halogens is 4. The van der Waals surface area contributed by atoms with E-state index in [1.807, 2.05) is 0 Å². The normalized spacial score (nSPS) is 32.7. The predicted octanol–water partition coefficient (Wildman–Crippen LogP) is 1.66. The molecule has 3 unspecified atom stereocenters. The molecule has 2 fully saturated rings. The van der Waals surface area contributed by atoms with Crippen LogP contribution in [0.4, 0.5) is 17.6 Å². The fourth-order valence-corrected chi connectivity index (χ4v) is 2.79. The third-order valence-corrected chi connectivity index (χ3v) is 3.50. The maximum Gasteiger partial charge on any atom is 0.471 e. The van der Waals surface area contributed by atoms with Crippen LogP contribution in [0, 0.1) is 0 Å². The molecule has 19 heavy (non-hydrogen) atoms. The Morgan fingerprint density at radius 1 is 1.32 bits per heavy atom. The Morgan fingerprint density at radius 2 is 1.95 bits per heavy atom. The van der Waals surface area contributed by atoms with Crippen LogP contribution in [-0.4, -0.2) is 46.3 Å². The summed E-state index contributed by atoms with van der Waals surface area (Å²) < 4.78 is 51.3. The standard InChI is InChI=1S/C11H11F4NO3/c12-9-5(4-8(17)18)3-6-1-2-7(9)16(6)10(19)11(13,14)15/h4,6-7,9H,1-3H2,(H,17,18)/b5-4-. The van der Waals surface area contributed by atoms with E-state index in [0.717, 1.165) is 0 Å². The number of carbonyl (C=O) groups excluding carboxylic acids is 1. The van der Waals surface area contributed by atoms with E-state index < -0.39 is 36.3 Å². The summed E-state index contributed by atoms with van der Waals surface area (Å²) in [6.45, 7) is 0. The second-order valence-electron chi connectivity index (χ2n) is 4.67. The van der Waals surface area contributed by atoms with Crippen molar-refractivity contribution in [3.8, 4) is 0 Å². The molecule has 0 spiro atoms. The highest BCUT2D eigenvalue weighted by atomic mass is 19.4. The van der Waals surface area contributed by atoms with Gasteiger partial charge in [0.05, 0.1) is 6.04 Å². The lowest BCUT2D eigenvalue weighted by Gasteiger charge is -2.38. The van der Waals surface area contributed by atoms with Crippen LogP contribution in [0.3, 0.4) is 0 Å². The van der Waals surface area contributed by atoms with Gasteiger partial charge in [0, 0.05) is 12.1 Å². The van der Waals surface area contributed by atoms with Crippen LogP contribution in [0.15, 0.2) is 11.6 Å². The van der Waals surface area contributed by atoms with Gasteiger partial charge < -0.3 is 10.0 Å². The molecule has 0 aromatic heterocycles. The van der Waals surface area contributed by atoms with Crippen LogP contribution in [-0.2, 0) is 9.59 Å². The fraction of sp³-hybridized carbons (Fsp3) is 0.636. The summed E-state index contributed by atoms with van der Waals surface area (Å²) in [5, 5.41) is 8.58. The lowest BCUT2D eigenvalue weighted by atomic mass is 9.94. The van der Waals surface area contributed by atoms with E-state index in [-0.39, 0.29) is 24.8 Å². The summed E-state index contributed by atoms with van der Waals surface area (Å²) in [4.78, 5) is 22.3. The summed E-state index contributed by atoms with van der Waals surface area (Å²) in [6, 6.07) is -1.98. The number of hydrogen-bond donors (Lipinski definition) is 1. The van der Waals surface area contributed by atoms with Crippen molar-refractivity contribution in [2.45, 2.75) is 43.7 Å². The van der Waals surface area contributed by atoms with Gasteiger partial charge >= 0.3 is 18.1 Å². The molecule has 2 heterocycles. The van der Waals surface area contributed by atoms with Crippen molar-refractivity contribution in [2.24, 2.45) is 0 Å². The van der Waals surface area contributed by atoms with Gasteiger partial charge in [0.1, 0.15) is 6.17 Å². The van der Waals surface area contributed by atoms with Crippen LogP contribution in [0.2, 0.25) is 0 Å². The molecule has 4 nitrogen and oxygen atoms in total. The van der Waals surface area contributed by atoms with Crippen molar-refractivity contribution in [2.75, 3.05) is 0 Å². The number of fused-ring (bicyclic) bond motifs is 2. The van der Waals surface area contributed by atoms with E-state index in [2.05, 4.69) is 0 Å². The first-order chi connectivity index (χ1) is 8.71. The van der Waals surface area contributed by atoms with Gasteiger partial charge in [-0.1, -0.05) is 0 Å². The summed E-state index contributed by atoms with van der Waals surface area (Å²) in [5.41, 5.74) is -0.0498. The molecule has 0 radical (unpaired) electrons. The molecule has 1 amide bonds.